The van der Waals surface area contributed by atoms with E-state index in [-0.39, 0.29) is 17.6 Å². The topological polar surface area (TPSA) is 102 Å². The van der Waals surface area contributed by atoms with Gasteiger partial charge >= 0.3 is 0 Å². The van der Waals surface area contributed by atoms with Crippen LogP contribution in [0.15, 0.2) is 33.8 Å². The number of hydrazone groups is 1. The van der Waals surface area contributed by atoms with Crippen LogP contribution in [0.1, 0.15) is 50.6 Å². The van der Waals surface area contributed by atoms with Gasteiger partial charge in [-0.1, -0.05) is 0 Å². The molecule has 8 heteroatoms. The van der Waals surface area contributed by atoms with E-state index in [4.69, 9.17) is 13.9 Å². The van der Waals surface area contributed by atoms with Gasteiger partial charge in [0.15, 0.2) is 5.76 Å². The number of hydrogen-bond donors (Lipinski definition) is 2. The number of carbonyl (C=O) groups is 2. The Morgan fingerprint density at radius 1 is 1.14 bits per heavy atom. The molecule has 0 fully saturated rings. The monoisotopic (exact) mass is 399 g/mol. The summed E-state index contributed by atoms with van der Waals surface area (Å²) in [6, 6.07) is 6.78. The fraction of sp³-hybridized carbons (Fsp3) is 0.381. The van der Waals surface area contributed by atoms with E-state index >= 15 is 0 Å². The first-order chi connectivity index (χ1) is 14.0. The lowest BCUT2D eigenvalue weighted by Gasteiger charge is -2.13. The van der Waals surface area contributed by atoms with Crippen molar-refractivity contribution in [2.24, 2.45) is 5.10 Å². The van der Waals surface area contributed by atoms with E-state index in [0.29, 0.717) is 36.6 Å². The molecule has 0 spiro atoms. The average Bonchev–Trinajstić information content (AvgIpc) is 3.09. The zero-order valence-corrected chi connectivity index (χ0v) is 16.8. The highest BCUT2D eigenvalue weighted by Gasteiger charge is 2.28. The van der Waals surface area contributed by atoms with E-state index in [9.17, 15) is 9.59 Å². The Balaban J connectivity index is 1.77. The van der Waals surface area contributed by atoms with E-state index in [2.05, 4.69) is 15.8 Å². The largest absolute Gasteiger partial charge is 0.497 e. The molecule has 0 saturated carbocycles. The molecule has 1 aliphatic rings. The van der Waals surface area contributed by atoms with Crippen molar-refractivity contribution in [3.8, 4) is 5.75 Å². The highest BCUT2D eigenvalue weighted by molar-refractivity contribution is 6.07. The van der Waals surface area contributed by atoms with Gasteiger partial charge in [0, 0.05) is 36.8 Å². The van der Waals surface area contributed by atoms with Crippen molar-refractivity contribution in [3.63, 3.8) is 0 Å². The summed E-state index contributed by atoms with van der Waals surface area (Å²) in [5.41, 5.74) is 5.33. The van der Waals surface area contributed by atoms with Gasteiger partial charge in [0.2, 0.25) is 0 Å². The second-order valence-electron chi connectivity index (χ2n) is 6.68. The molecule has 154 valence electrons. The van der Waals surface area contributed by atoms with Crippen LogP contribution in [0.3, 0.4) is 0 Å². The molecule has 3 rings (SSSR count). The van der Waals surface area contributed by atoms with Gasteiger partial charge in [-0.25, -0.2) is 5.43 Å². The smallest absolute Gasteiger partial charge is 0.287 e. The molecule has 2 N–H and O–H groups in total. The minimum atomic E-state index is -0.314. The first-order valence-electron chi connectivity index (χ1n) is 9.46. The third-order valence-electron chi connectivity index (χ3n) is 4.77. The third-order valence-corrected chi connectivity index (χ3v) is 4.77. The van der Waals surface area contributed by atoms with Gasteiger partial charge in [0.25, 0.3) is 11.8 Å². The van der Waals surface area contributed by atoms with Crippen LogP contribution < -0.4 is 15.5 Å². The van der Waals surface area contributed by atoms with E-state index < -0.39 is 0 Å². The van der Waals surface area contributed by atoms with Crippen molar-refractivity contribution in [2.45, 2.75) is 26.2 Å². The molecule has 1 aromatic heterocycles. The number of amides is 2. The Hall–Kier alpha value is -3.13. The zero-order valence-electron chi connectivity index (χ0n) is 16.8. The number of nitrogens with one attached hydrogen (secondary N) is 2. The lowest BCUT2D eigenvalue weighted by molar-refractivity contribution is 0.0906. The average molecular weight is 399 g/mol. The highest BCUT2D eigenvalue weighted by atomic mass is 16.5. The van der Waals surface area contributed by atoms with Crippen LogP contribution in [0, 0.1) is 6.92 Å². The van der Waals surface area contributed by atoms with Gasteiger partial charge in [0.1, 0.15) is 11.5 Å². The van der Waals surface area contributed by atoms with E-state index in [1.54, 1.807) is 38.5 Å². The van der Waals surface area contributed by atoms with Crippen molar-refractivity contribution in [1.82, 2.24) is 10.7 Å². The maximum absolute atomic E-state index is 12.4. The van der Waals surface area contributed by atoms with Crippen LogP contribution in [0.2, 0.25) is 0 Å². The number of hydrogen-bond acceptors (Lipinski definition) is 6. The molecule has 2 amide bonds. The zero-order chi connectivity index (χ0) is 20.8. The maximum atomic E-state index is 12.4. The highest BCUT2D eigenvalue weighted by Crippen LogP contribution is 2.29. The molecule has 0 unspecified atom stereocenters. The molecule has 0 atom stereocenters. The number of aryl methyl sites for hydroxylation is 1. The predicted molar refractivity (Wildman–Crippen MR) is 108 cm³/mol. The van der Waals surface area contributed by atoms with E-state index in [1.807, 2.05) is 6.92 Å². The molecule has 1 aromatic carbocycles. The van der Waals surface area contributed by atoms with Crippen molar-refractivity contribution in [2.75, 3.05) is 27.4 Å². The van der Waals surface area contributed by atoms with Crippen molar-refractivity contribution < 1.29 is 23.5 Å². The maximum Gasteiger partial charge on any atom is 0.287 e. The molecule has 29 heavy (non-hydrogen) atoms. The van der Waals surface area contributed by atoms with E-state index in [0.717, 1.165) is 29.7 Å². The Bertz CT molecular complexity index is 915. The quantitative estimate of drug-likeness (QED) is 0.550. The number of nitrogens with zero attached hydrogens (tertiary/aromatic N) is 1. The lowest BCUT2D eigenvalue weighted by Crippen LogP contribution is -2.27. The standard InChI is InChI=1S/C21H25N3O5/c1-13-18-16(23-24-20(25)14-7-9-15(28-3)10-8-14)5-4-6-17(18)29-19(13)21(26)22-11-12-27-2/h7-10H,4-6,11-12H2,1-3H3,(H,22,26)(H,24,25)/b23-16+. The molecule has 2 aromatic rings. The molecule has 8 nitrogen and oxygen atoms in total. The van der Waals surface area contributed by atoms with Crippen LogP contribution in [0.5, 0.6) is 5.75 Å². The Morgan fingerprint density at radius 3 is 2.59 bits per heavy atom. The minimum absolute atomic E-state index is 0.280. The fourth-order valence-corrected chi connectivity index (χ4v) is 3.27. The third kappa shape index (κ3) is 4.65. The fourth-order valence-electron chi connectivity index (χ4n) is 3.27. The number of carbonyl (C=O) groups excluding carboxylic acids is 2. The van der Waals surface area contributed by atoms with Crippen molar-refractivity contribution >= 4 is 17.5 Å². The Kier molecular flexibility index (Phi) is 6.66. The van der Waals surface area contributed by atoms with Gasteiger partial charge in [-0.3, -0.25) is 9.59 Å². The number of benzene rings is 1. The SMILES string of the molecule is COCCNC(=O)c1oc2c(c1C)/C(=N/NC(=O)c1ccc(OC)cc1)CCC2. The Morgan fingerprint density at radius 2 is 1.90 bits per heavy atom. The first kappa shape index (κ1) is 20.6. The van der Waals surface area contributed by atoms with Crippen LogP contribution in [0.4, 0.5) is 0 Å². The van der Waals surface area contributed by atoms with Crippen LogP contribution in [-0.4, -0.2) is 44.9 Å². The Labute approximate surface area is 169 Å². The summed E-state index contributed by atoms with van der Waals surface area (Å²) < 4.78 is 15.9. The van der Waals surface area contributed by atoms with Crippen molar-refractivity contribution in [3.05, 3.63) is 52.5 Å². The van der Waals surface area contributed by atoms with E-state index in [1.165, 1.54) is 0 Å². The second-order valence-corrected chi connectivity index (χ2v) is 6.68. The van der Waals surface area contributed by atoms with Gasteiger partial charge in [-0.2, -0.15) is 5.10 Å². The van der Waals surface area contributed by atoms with Crippen molar-refractivity contribution in [1.29, 1.82) is 0 Å². The summed E-state index contributed by atoms with van der Waals surface area (Å²) in [5.74, 6) is 1.09. The van der Waals surface area contributed by atoms with Gasteiger partial charge in [0.05, 0.1) is 19.4 Å². The normalized spacial score (nSPS) is 14.4. The van der Waals surface area contributed by atoms with Crippen LogP contribution in [0.25, 0.3) is 0 Å². The molecular formula is C21H25N3O5. The summed E-state index contributed by atoms with van der Waals surface area (Å²) in [6.07, 6.45) is 2.26. The first-order valence-corrected chi connectivity index (χ1v) is 9.46. The van der Waals surface area contributed by atoms with Gasteiger partial charge in [-0.15, -0.1) is 0 Å². The van der Waals surface area contributed by atoms with Gasteiger partial charge < -0.3 is 19.2 Å². The summed E-state index contributed by atoms with van der Waals surface area (Å²) in [5, 5.41) is 7.09. The predicted octanol–water partition coefficient (Wildman–Crippen LogP) is 2.44. The second kappa shape index (κ2) is 9.38. The van der Waals surface area contributed by atoms with Gasteiger partial charge in [-0.05, 0) is 44.0 Å². The number of methoxy groups -OCH3 is 2. The molecule has 0 radical (unpaired) electrons. The molecule has 0 bridgehead atoms. The summed E-state index contributed by atoms with van der Waals surface area (Å²) in [6.45, 7) is 2.66. The summed E-state index contributed by atoms with van der Waals surface area (Å²) >= 11 is 0. The molecule has 1 heterocycles. The number of furan rings is 1. The number of ether oxygens (including phenoxy) is 2. The van der Waals surface area contributed by atoms with Crippen LogP contribution >= 0.6 is 0 Å². The molecule has 1 aliphatic carbocycles. The minimum Gasteiger partial charge on any atom is -0.497 e. The number of rotatable bonds is 7. The van der Waals surface area contributed by atoms with Crippen LogP contribution in [-0.2, 0) is 11.2 Å². The molecular weight excluding hydrogens is 374 g/mol. The molecule has 0 aliphatic heterocycles. The number of fused-ring (bicyclic) bond motifs is 1. The summed E-state index contributed by atoms with van der Waals surface area (Å²) in [4.78, 5) is 24.8. The summed E-state index contributed by atoms with van der Waals surface area (Å²) in [7, 11) is 3.15. The lowest BCUT2D eigenvalue weighted by atomic mass is 9.93. The molecule has 0 saturated heterocycles.